The molecule has 4 aromatic rings. The zero-order valence-corrected chi connectivity index (χ0v) is 12.8. The molecule has 3 heteroatoms. The minimum atomic E-state index is -0.304. The zero-order valence-electron chi connectivity index (χ0n) is 12.1. The topological polar surface area (TPSA) is 20.2 Å². The summed E-state index contributed by atoms with van der Waals surface area (Å²) in [6.07, 6.45) is 0. The molecule has 0 saturated carbocycles. The molecule has 1 nitrogen and oxygen atoms in total. The molecule has 0 aliphatic carbocycles. The van der Waals surface area contributed by atoms with Gasteiger partial charge in [0.05, 0.1) is 0 Å². The lowest BCUT2D eigenvalue weighted by atomic mass is 9.93. The maximum Gasteiger partial charge on any atom is 0.131 e. The summed E-state index contributed by atoms with van der Waals surface area (Å²) in [6.45, 7) is 0. The van der Waals surface area contributed by atoms with Gasteiger partial charge >= 0.3 is 0 Å². The Morgan fingerprint density at radius 3 is 2.26 bits per heavy atom. The summed E-state index contributed by atoms with van der Waals surface area (Å²) >= 11 is 6.23. The Bertz CT molecular complexity index is 1050. The molecule has 23 heavy (non-hydrogen) atoms. The highest BCUT2D eigenvalue weighted by Gasteiger charge is 2.14. The highest BCUT2D eigenvalue weighted by Crippen LogP contribution is 2.40. The summed E-state index contributed by atoms with van der Waals surface area (Å²) < 4.78 is 14.5. The van der Waals surface area contributed by atoms with E-state index in [0.717, 1.165) is 16.3 Å². The van der Waals surface area contributed by atoms with Crippen LogP contribution < -0.4 is 0 Å². The van der Waals surface area contributed by atoms with Gasteiger partial charge in [-0.2, -0.15) is 0 Å². The fourth-order valence-electron chi connectivity index (χ4n) is 3.10. The van der Waals surface area contributed by atoms with Gasteiger partial charge in [0.25, 0.3) is 0 Å². The Kier molecular flexibility index (Phi) is 3.21. The predicted molar refractivity (Wildman–Crippen MR) is 93.5 cm³/mol. The number of hydrogen-bond acceptors (Lipinski definition) is 1. The number of phenolic OH excluding ortho intramolecular Hbond substituents is 1. The average Bonchev–Trinajstić information content (AvgIpc) is 2.54. The molecule has 0 saturated heterocycles. The van der Waals surface area contributed by atoms with Crippen LogP contribution in [0.5, 0.6) is 5.75 Å². The summed E-state index contributed by atoms with van der Waals surface area (Å²) in [5, 5.41) is 13.7. The number of aromatic hydroxyl groups is 1. The summed E-state index contributed by atoms with van der Waals surface area (Å²) in [5.41, 5.74) is 1.44. The highest BCUT2D eigenvalue weighted by molar-refractivity contribution is 6.32. The first-order valence-corrected chi connectivity index (χ1v) is 7.62. The second kappa shape index (κ2) is 5.25. The van der Waals surface area contributed by atoms with E-state index < -0.39 is 0 Å². The molecule has 0 bridgehead atoms. The molecule has 0 spiro atoms. The first-order valence-electron chi connectivity index (χ1n) is 7.24. The lowest BCUT2D eigenvalue weighted by Gasteiger charge is -2.12. The number of hydrogen-bond donors (Lipinski definition) is 1. The molecule has 1 N–H and O–H groups in total. The van der Waals surface area contributed by atoms with Crippen molar-refractivity contribution in [3.8, 4) is 16.9 Å². The molecule has 4 rings (SSSR count). The van der Waals surface area contributed by atoms with Crippen LogP contribution in [0.2, 0.25) is 5.02 Å². The third-order valence-corrected chi connectivity index (χ3v) is 4.28. The van der Waals surface area contributed by atoms with Crippen molar-refractivity contribution < 1.29 is 9.50 Å². The molecule has 4 aromatic carbocycles. The first kappa shape index (κ1) is 14.0. The molecule has 0 heterocycles. The molecule has 112 valence electrons. The van der Waals surface area contributed by atoms with Gasteiger partial charge in [0, 0.05) is 15.8 Å². The predicted octanol–water partition coefficient (Wildman–Crippen LogP) is 6.16. The van der Waals surface area contributed by atoms with E-state index in [9.17, 15) is 9.50 Å². The van der Waals surface area contributed by atoms with E-state index in [2.05, 4.69) is 0 Å². The van der Waals surface area contributed by atoms with Gasteiger partial charge in [-0.15, -0.1) is 0 Å². The van der Waals surface area contributed by atoms with E-state index in [4.69, 9.17) is 11.6 Å². The summed E-state index contributed by atoms with van der Waals surface area (Å²) in [6, 6.07) is 19.4. The second-order valence-corrected chi connectivity index (χ2v) is 5.91. The molecule has 0 aromatic heterocycles. The average molecular weight is 323 g/mol. The van der Waals surface area contributed by atoms with Crippen LogP contribution in [0, 0.1) is 5.82 Å². The molecule has 0 amide bonds. The van der Waals surface area contributed by atoms with Crippen LogP contribution >= 0.6 is 11.6 Å². The maximum absolute atomic E-state index is 14.5. The molecular formula is C20H12ClFO. The summed E-state index contributed by atoms with van der Waals surface area (Å²) in [7, 11) is 0. The lowest BCUT2D eigenvalue weighted by molar-refractivity contribution is 0.482. The van der Waals surface area contributed by atoms with Crippen molar-refractivity contribution in [1.82, 2.24) is 0 Å². The van der Waals surface area contributed by atoms with Crippen molar-refractivity contribution in [1.29, 1.82) is 0 Å². The Balaban J connectivity index is 2.20. The van der Waals surface area contributed by atoms with Crippen molar-refractivity contribution in [2.24, 2.45) is 0 Å². The van der Waals surface area contributed by atoms with Crippen molar-refractivity contribution in [2.75, 3.05) is 0 Å². The fourth-order valence-corrected chi connectivity index (χ4v) is 3.33. The fraction of sp³-hybridized carbons (Fsp3) is 0. The van der Waals surface area contributed by atoms with Crippen LogP contribution in [0.25, 0.3) is 32.7 Å². The van der Waals surface area contributed by atoms with E-state index >= 15 is 0 Å². The normalized spacial score (nSPS) is 11.2. The Morgan fingerprint density at radius 1 is 0.739 bits per heavy atom. The van der Waals surface area contributed by atoms with Gasteiger partial charge in [-0.3, -0.25) is 0 Å². The highest BCUT2D eigenvalue weighted by atomic mass is 35.5. The molecular weight excluding hydrogens is 311 g/mol. The Labute approximate surface area is 137 Å². The van der Waals surface area contributed by atoms with Crippen molar-refractivity contribution >= 4 is 33.1 Å². The minimum Gasteiger partial charge on any atom is -0.507 e. The number of halogens is 2. The lowest BCUT2D eigenvalue weighted by Crippen LogP contribution is -1.88. The van der Waals surface area contributed by atoms with Crippen molar-refractivity contribution in [3.63, 3.8) is 0 Å². The van der Waals surface area contributed by atoms with Crippen molar-refractivity contribution in [3.05, 3.63) is 77.6 Å². The number of rotatable bonds is 1. The molecule has 0 unspecified atom stereocenters. The summed E-state index contributed by atoms with van der Waals surface area (Å²) in [5.74, 6) is -0.135. The van der Waals surface area contributed by atoms with Gasteiger partial charge in [-0.1, -0.05) is 54.1 Å². The SMILES string of the molecule is Oc1cccc2cccc(-c3cc(Cl)cc4cccc(F)c34)c12. The number of phenols is 1. The van der Waals surface area contributed by atoms with Gasteiger partial charge in [0.15, 0.2) is 0 Å². The van der Waals surface area contributed by atoms with Gasteiger partial charge in [-0.25, -0.2) is 4.39 Å². The van der Waals surface area contributed by atoms with Crippen LogP contribution in [0.15, 0.2) is 66.7 Å². The minimum absolute atomic E-state index is 0.169. The van der Waals surface area contributed by atoms with Crippen LogP contribution in [-0.2, 0) is 0 Å². The molecule has 0 radical (unpaired) electrons. The Hall–Kier alpha value is -2.58. The van der Waals surface area contributed by atoms with Gasteiger partial charge in [-0.05, 0) is 46.2 Å². The first-order chi connectivity index (χ1) is 11.1. The zero-order chi connectivity index (χ0) is 16.0. The Morgan fingerprint density at radius 2 is 1.43 bits per heavy atom. The van der Waals surface area contributed by atoms with Crippen LogP contribution in [-0.4, -0.2) is 5.11 Å². The van der Waals surface area contributed by atoms with Crippen LogP contribution in [0.4, 0.5) is 4.39 Å². The summed E-state index contributed by atoms with van der Waals surface area (Å²) in [4.78, 5) is 0. The maximum atomic E-state index is 14.5. The second-order valence-electron chi connectivity index (χ2n) is 5.47. The molecule has 0 atom stereocenters. The monoisotopic (exact) mass is 322 g/mol. The smallest absolute Gasteiger partial charge is 0.131 e. The third kappa shape index (κ3) is 2.23. The third-order valence-electron chi connectivity index (χ3n) is 4.06. The number of fused-ring (bicyclic) bond motifs is 2. The van der Waals surface area contributed by atoms with Crippen LogP contribution in [0.3, 0.4) is 0 Å². The van der Waals surface area contributed by atoms with Gasteiger partial charge in [0.2, 0.25) is 0 Å². The van der Waals surface area contributed by atoms with E-state index in [0.29, 0.717) is 21.4 Å². The number of benzene rings is 4. The largest absolute Gasteiger partial charge is 0.507 e. The van der Waals surface area contributed by atoms with Gasteiger partial charge in [0.1, 0.15) is 11.6 Å². The van der Waals surface area contributed by atoms with E-state index in [1.165, 1.54) is 6.07 Å². The van der Waals surface area contributed by atoms with Crippen molar-refractivity contribution in [2.45, 2.75) is 0 Å². The van der Waals surface area contributed by atoms with E-state index in [1.54, 1.807) is 30.3 Å². The van der Waals surface area contributed by atoms with E-state index in [-0.39, 0.29) is 11.6 Å². The molecule has 0 aliphatic rings. The molecule has 0 aliphatic heterocycles. The van der Waals surface area contributed by atoms with E-state index in [1.807, 2.05) is 30.3 Å². The van der Waals surface area contributed by atoms with Crippen LogP contribution in [0.1, 0.15) is 0 Å². The quantitative estimate of drug-likeness (QED) is 0.445. The van der Waals surface area contributed by atoms with Gasteiger partial charge < -0.3 is 5.11 Å². The standard InChI is InChI=1S/C20H12ClFO/c21-14-10-13-6-2-8-17(22)19(13)16(11-14)15-7-1-4-12-5-3-9-18(23)20(12)15/h1-11,23H. The molecule has 0 fully saturated rings.